The molecule has 0 unspecified atom stereocenters. The number of hydrogen-bond donors (Lipinski definition) is 0. The molecule has 1 aromatic carbocycles. The zero-order chi connectivity index (χ0) is 12.8. The number of rotatable bonds is 1. The van der Waals surface area contributed by atoms with E-state index in [9.17, 15) is 13.2 Å². The van der Waals surface area contributed by atoms with Gasteiger partial charge >= 0.3 is 0 Å². The van der Waals surface area contributed by atoms with Crippen LogP contribution in [0.3, 0.4) is 0 Å². The van der Waals surface area contributed by atoms with Crippen molar-refractivity contribution in [3.05, 3.63) is 24.3 Å². The first-order chi connectivity index (χ1) is 8.57. The minimum absolute atomic E-state index is 0.0203. The van der Waals surface area contributed by atoms with Crippen molar-refractivity contribution in [3.8, 4) is 5.75 Å². The Hall–Kier alpha value is -1.56. The van der Waals surface area contributed by atoms with Crippen LogP contribution in [-0.2, 0) is 14.6 Å². The maximum Gasteiger partial charge on any atom is 0.265 e. The lowest BCUT2D eigenvalue weighted by Gasteiger charge is -2.33. The fourth-order valence-corrected chi connectivity index (χ4v) is 4.20. The van der Waals surface area contributed by atoms with Crippen molar-refractivity contribution in [1.29, 1.82) is 0 Å². The maximum atomic E-state index is 12.0. The molecule has 0 bridgehead atoms. The van der Waals surface area contributed by atoms with Gasteiger partial charge in [0.2, 0.25) is 0 Å². The number of anilines is 1. The van der Waals surface area contributed by atoms with E-state index in [0.29, 0.717) is 17.9 Å². The van der Waals surface area contributed by atoms with E-state index in [4.69, 9.17) is 4.74 Å². The van der Waals surface area contributed by atoms with Crippen LogP contribution >= 0.6 is 0 Å². The van der Waals surface area contributed by atoms with Gasteiger partial charge in [-0.15, -0.1) is 0 Å². The first-order valence-electron chi connectivity index (χ1n) is 5.81. The van der Waals surface area contributed by atoms with Gasteiger partial charge in [-0.3, -0.25) is 4.79 Å². The molecule has 1 aromatic rings. The molecule has 1 fully saturated rings. The molecule has 1 amide bonds. The van der Waals surface area contributed by atoms with Crippen molar-refractivity contribution in [3.63, 3.8) is 0 Å². The zero-order valence-electron chi connectivity index (χ0n) is 9.70. The van der Waals surface area contributed by atoms with Gasteiger partial charge in [0.1, 0.15) is 5.75 Å². The van der Waals surface area contributed by atoms with Gasteiger partial charge in [-0.25, -0.2) is 8.42 Å². The highest BCUT2D eigenvalue weighted by atomic mass is 32.2. The number of hydrogen-bond acceptors (Lipinski definition) is 4. The molecule has 0 N–H and O–H groups in total. The monoisotopic (exact) mass is 267 g/mol. The largest absolute Gasteiger partial charge is 0.482 e. The number of amides is 1. The SMILES string of the molecule is O=C1COc2ccccc2N1[C@@H]1CCS(=O)(=O)C1. The molecule has 0 aromatic heterocycles. The number of para-hydroxylation sites is 2. The number of sulfone groups is 1. The summed E-state index contributed by atoms with van der Waals surface area (Å²) < 4.78 is 28.4. The van der Waals surface area contributed by atoms with E-state index >= 15 is 0 Å². The topological polar surface area (TPSA) is 63.7 Å². The molecule has 2 aliphatic rings. The Morgan fingerprint density at radius 2 is 2.06 bits per heavy atom. The van der Waals surface area contributed by atoms with Crippen LogP contribution in [0.5, 0.6) is 5.75 Å². The highest BCUT2D eigenvalue weighted by Crippen LogP contribution is 2.35. The van der Waals surface area contributed by atoms with Gasteiger partial charge in [-0.1, -0.05) is 12.1 Å². The molecule has 5 nitrogen and oxygen atoms in total. The second kappa shape index (κ2) is 3.98. The van der Waals surface area contributed by atoms with Crippen LogP contribution in [0, 0.1) is 0 Å². The molecule has 2 heterocycles. The summed E-state index contributed by atoms with van der Waals surface area (Å²) >= 11 is 0. The average molecular weight is 267 g/mol. The summed E-state index contributed by atoms with van der Waals surface area (Å²) in [5.41, 5.74) is 0.677. The second-order valence-corrected chi connectivity index (χ2v) is 6.81. The van der Waals surface area contributed by atoms with Crippen LogP contribution in [0.15, 0.2) is 24.3 Å². The van der Waals surface area contributed by atoms with Crippen molar-refractivity contribution < 1.29 is 17.9 Å². The van der Waals surface area contributed by atoms with E-state index in [1.807, 2.05) is 12.1 Å². The third-order valence-electron chi connectivity index (χ3n) is 3.32. The molecule has 1 atom stereocenters. The molecule has 6 heteroatoms. The van der Waals surface area contributed by atoms with E-state index in [0.717, 1.165) is 0 Å². The highest BCUT2D eigenvalue weighted by molar-refractivity contribution is 7.91. The average Bonchev–Trinajstić information content (AvgIpc) is 2.69. The summed E-state index contributed by atoms with van der Waals surface area (Å²) in [5, 5.41) is 0. The molecule has 0 radical (unpaired) electrons. The van der Waals surface area contributed by atoms with Gasteiger partial charge in [0, 0.05) is 0 Å². The number of nitrogens with zero attached hydrogens (tertiary/aromatic N) is 1. The maximum absolute atomic E-state index is 12.0. The number of benzene rings is 1. The third kappa shape index (κ3) is 1.86. The summed E-state index contributed by atoms with van der Waals surface area (Å²) in [6.45, 7) is -0.0203. The fourth-order valence-electron chi connectivity index (χ4n) is 2.50. The Kier molecular flexibility index (Phi) is 2.55. The molecular formula is C12H13NO4S. The van der Waals surface area contributed by atoms with Crippen LogP contribution in [0.2, 0.25) is 0 Å². The Morgan fingerprint density at radius 1 is 1.28 bits per heavy atom. The lowest BCUT2D eigenvalue weighted by molar-refractivity contribution is -0.121. The Labute approximate surface area is 105 Å². The fraction of sp³-hybridized carbons (Fsp3) is 0.417. The van der Waals surface area contributed by atoms with E-state index in [1.54, 1.807) is 17.0 Å². The number of carbonyl (C=O) groups excluding carboxylic acids is 1. The molecule has 18 heavy (non-hydrogen) atoms. The van der Waals surface area contributed by atoms with Crippen LogP contribution in [-0.4, -0.2) is 38.5 Å². The molecule has 96 valence electrons. The van der Waals surface area contributed by atoms with E-state index < -0.39 is 9.84 Å². The summed E-state index contributed by atoms with van der Waals surface area (Å²) in [6, 6.07) is 6.97. The Bertz CT molecular complexity index is 596. The van der Waals surface area contributed by atoms with Gasteiger partial charge in [0.05, 0.1) is 23.2 Å². The Morgan fingerprint density at radius 3 is 2.78 bits per heavy atom. The van der Waals surface area contributed by atoms with Crippen LogP contribution in [0.1, 0.15) is 6.42 Å². The first-order valence-corrected chi connectivity index (χ1v) is 7.63. The first kappa shape index (κ1) is 11.5. The second-order valence-electron chi connectivity index (χ2n) is 4.58. The van der Waals surface area contributed by atoms with Gasteiger partial charge < -0.3 is 9.64 Å². The minimum Gasteiger partial charge on any atom is -0.482 e. The van der Waals surface area contributed by atoms with Gasteiger partial charge in [-0.05, 0) is 18.6 Å². The number of fused-ring (bicyclic) bond motifs is 1. The quantitative estimate of drug-likeness (QED) is 0.747. The van der Waals surface area contributed by atoms with Crippen molar-refractivity contribution in [2.45, 2.75) is 12.5 Å². The van der Waals surface area contributed by atoms with E-state index in [1.165, 1.54) is 0 Å². The van der Waals surface area contributed by atoms with Gasteiger partial charge in [0.15, 0.2) is 16.4 Å². The molecular weight excluding hydrogens is 254 g/mol. The predicted octanol–water partition coefficient (Wildman–Crippen LogP) is 0.599. The molecule has 3 rings (SSSR count). The van der Waals surface area contributed by atoms with Gasteiger partial charge in [-0.2, -0.15) is 0 Å². The molecule has 1 saturated heterocycles. The molecule has 0 spiro atoms. The van der Waals surface area contributed by atoms with Crippen molar-refractivity contribution in [2.24, 2.45) is 0 Å². The molecule has 0 aliphatic carbocycles. The summed E-state index contributed by atoms with van der Waals surface area (Å²) in [4.78, 5) is 13.5. The smallest absolute Gasteiger partial charge is 0.265 e. The molecule has 2 aliphatic heterocycles. The third-order valence-corrected chi connectivity index (χ3v) is 5.07. The van der Waals surface area contributed by atoms with Crippen LogP contribution in [0.4, 0.5) is 5.69 Å². The van der Waals surface area contributed by atoms with E-state index in [-0.39, 0.29) is 30.1 Å². The van der Waals surface area contributed by atoms with Crippen LogP contribution in [0.25, 0.3) is 0 Å². The lowest BCUT2D eigenvalue weighted by Crippen LogP contribution is -2.46. The van der Waals surface area contributed by atoms with Gasteiger partial charge in [0.25, 0.3) is 5.91 Å². The van der Waals surface area contributed by atoms with Crippen molar-refractivity contribution >= 4 is 21.4 Å². The Balaban J connectivity index is 1.99. The minimum atomic E-state index is -3.01. The van der Waals surface area contributed by atoms with Crippen molar-refractivity contribution in [2.75, 3.05) is 23.0 Å². The van der Waals surface area contributed by atoms with Crippen LogP contribution < -0.4 is 9.64 Å². The zero-order valence-corrected chi connectivity index (χ0v) is 10.5. The predicted molar refractivity (Wildman–Crippen MR) is 66.5 cm³/mol. The lowest BCUT2D eigenvalue weighted by atomic mass is 10.1. The van der Waals surface area contributed by atoms with Crippen molar-refractivity contribution in [1.82, 2.24) is 0 Å². The number of ether oxygens (including phenoxy) is 1. The van der Waals surface area contributed by atoms with E-state index in [2.05, 4.69) is 0 Å². The summed E-state index contributed by atoms with van der Waals surface area (Å²) in [5.74, 6) is 0.676. The highest BCUT2D eigenvalue weighted by Gasteiger charge is 2.38. The summed E-state index contributed by atoms with van der Waals surface area (Å²) in [6.07, 6.45) is 0.502. The molecule has 0 saturated carbocycles. The normalized spacial score (nSPS) is 25.7. The number of carbonyl (C=O) groups is 1. The standard InChI is InChI=1S/C12H13NO4S/c14-12-7-17-11-4-2-1-3-10(11)13(12)9-5-6-18(15,16)8-9/h1-4,9H,5-8H2/t9-/m1/s1. The summed E-state index contributed by atoms with van der Waals surface area (Å²) in [7, 11) is -3.01.